The maximum atomic E-state index is 5.73. The predicted molar refractivity (Wildman–Crippen MR) is 133 cm³/mol. The minimum Gasteiger partial charge on any atom is -0.328 e. The molecule has 0 amide bonds. The van der Waals surface area contributed by atoms with E-state index in [0.717, 1.165) is 26.1 Å². The Morgan fingerprint density at radius 2 is 1.21 bits per heavy atom. The molecule has 1 unspecified atom stereocenters. The van der Waals surface area contributed by atoms with Gasteiger partial charge in [0.25, 0.3) is 0 Å². The van der Waals surface area contributed by atoms with Gasteiger partial charge in [0.05, 0.1) is 0 Å². The van der Waals surface area contributed by atoms with Crippen molar-refractivity contribution in [1.82, 2.24) is 5.32 Å². The Balaban J connectivity index is 3.06. The van der Waals surface area contributed by atoms with E-state index in [1.807, 2.05) is 0 Å². The first-order valence-corrected chi connectivity index (χ1v) is 13.2. The summed E-state index contributed by atoms with van der Waals surface area (Å²) in [6.45, 7) is 7.49. The molecule has 0 aromatic rings. The lowest BCUT2D eigenvalue weighted by molar-refractivity contribution is 0.533. The van der Waals surface area contributed by atoms with Crippen LogP contribution in [0.3, 0.4) is 0 Å². The SMILES string of the molecule is CCCCCCCCCCCCCCCCCC=NCCCCNCCC(C)N. The molecule has 0 aliphatic carbocycles. The van der Waals surface area contributed by atoms with Crippen LogP contribution in [0.2, 0.25) is 0 Å². The second-order valence-electron chi connectivity index (χ2n) is 9.05. The van der Waals surface area contributed by atoms with Crippen molar-refractivity contribution in [3.63, 3.8) is 0 Å². The number of nitrogens with two attached hydrogens (primary N) is 1. The molecule has 174 valence electrons. The fraction of sp³-hybridized carbons (Fsp3) is 0.962. The molecule has 29 heavy (non-hydrogen) atoms. The maximum Gasteiger partial charge on any atom is 0.0385 e. The Bertz CT molecular complexity index is 315. The van der Waals surface area contributed by atoms with E-state index < -0.39 is 0 Å². The van der Waals surface area contributed by atoms with Crippen LogP contribution in [-0.4, -0.2) is 31.9 Å². The molecule has 0 radical (unpaired) electrons. The van der Waals surface area contributed by atoms with Gasteiger partial charge in [0.1, 0.15) is 0 Å². The van der Waals surface area contributed by atoms with Crippen LogP contribution in [0, 0.1) is 0 Å². The van der Waals surface area contributed by atoms with Gasteiger partial charge < -0.3 is 11.1 Å². The topological polar surface area (TPSA) is 50.4 Å². The van der Waals surface area contributed by atoms with Gasteiger partial charge in [-0.15, -0.1) is 0 Å². The van der Waals surface area contributed by atoms with Crippen molar-refractivity contribution >= 4 is 6.21 Å². The van der Waals surface area contributed by atoms with E-state index in [-0.39, 0.29) is 0 Å². The van der Waals surface area contributed by atoms with Crippen molar-refractivity contribution < 1.29 is 0 Å². The quantitative estimate of drug-likeness (QED) is 0.129. The first kappa shape index (κ1) is 28.6. The summed E-state index contributed by atoms with van der Waals surface area (Å²) in [7, 11) is 0. The van der Waals surface area contributed by atoms with Gasteiger partial charge in [0, 0.05) is 12.6 Å². The van der Waals surface area contributed by atoms with Gasteiger partial charge in [-0.25, -0.2) is 0 Å². The predicted octanol–water partition coefficient (Wildman–Crippen LogP) is 7.43. The molecule has 0 aliphatic rings. The second-order valence-corrected chi connectivity index (χ2v) is 9.05. The largest absolute Gasteiger partial charge is 0.328 e. The van der Waals surface area contributed by atoms with Crippen LogP contribution in [0.15, 0.2) is 4.99 Å². The lowest BCUT2D eigenvalue weighted by atomic mass is 10.0. The summed E-state index contributed by atoms with van der Waals surface area (Å²) in [5.74, 6) is 0. The van der Waals surface area contributed by atoms with E-state index in [2.05, 4.69) is 30.4 Å². The molecule has 0 heterocycles. The number of unbranched alkanes of at least 4 members (excludes halogenated alkanes) is 16. The molecule has 3 N–H and O–H groups in total. The first-order chi connectivity index (χ1) is 14.3. The van der Waals surface area contributed by atoms with Crippen molar-refractivity contribution in [2.75, 3.05) is 19.6 Å². The third kappa shape index (κ3) is 27.6. The number of nitrogens with one attached hydrogen (secondary N) is 1. The molecular formula is C26H55N3. The number of aliphatic imine (C=N–C) groups is 1. The van der Waals surface area contributed by atoms with Gasteiger partial charge in [-0.3, -0.25) is 4.99 Å². The smallest absolute Gasteiger partial charge is 0.0385 e. The van der Waals surface area contributed by atoms with Crippen LogP contribution in [0.4, 0.5) is 0 Å². The molecule has 1 atom stereocenters. The summed E-state index contributed by atoms with van der Waals surface area (Å²) in [4.78, 5) is 4.55. The zero-order valence-electron chi connectivity index (χ0n) is 20.2. The minimum absolute atomic E-state index is 0.312. The number of nitrogens with zero attached hydrogens (tertiary/aromatic N) is 1. The minimum atomic E-state index is 0.312. The molecule has 0 aromatic heterocycles. The molecule has 0 fully saturated rings. The molecule has 0 rings (SSSR count). The molecule has 0 aromatic carbocycles. The number of hydrogen-bond acceptors (Lipinski definition) is 3. The third-order valence-electron chi connectivity index (χ3n) is 5.73. The van der Waals surface area contributed by atoms with Gasteiger partial charge in [-0.05, 0) is 58.3 Å². The van der Waals surface area contributed by atoms with E-state index >= 15 is 0 Å². The van der Waals surface area contributed by atoms with Crippen molar-refractivity contribution in [2.24, 2.45) is 10.7 Å². The first-order valence-electron chi connectivity index (χ1n) is 13.2. The molecule has 3 nitrogen and oxygen atoms in total. The number of hydrogen-bond donors (Lipinski definition) is 2. The molecule has 0 spiro atoms. The van der Waals surface area contributed by atoms with Crippen LogP contribution >= 0.6 is 0 Å². The molecule has 0 bridgehead atoms. The van der Waals surface area contributed by atoms with E-state index in [1.54, 1.807) is 0 Å². The van der Waals surface area contributed by atoms with Gasteiger partial charge in [0.2, 0.25) is 0 Å². The van der Waals surface area contributed by atoms with Crippen molar-refractivity contribution in [1.29, 1.82) is 0 Å². The highest BCUT2D eigenvalue weighted by atomic mass is 14.9. The van der Waals surface area contributed by atoms with E-state index in [9.17, 15) is 0 Å². The molecule has 3 heteroatoms. The standard InChI is InChI=1S/C26H55N3/c1-3-4-5-6-7-8-9-10-11-12-13-14-15-16-17-18-22-28-23-19-20-24-29-25-21-26(2)27/h22,26,29H,3-21,23-25,27H2,1-2H3. The van der Waals surface area contributed by atoms with Crippen molar-refractivity contribution in [3.05, 3.63) is 0 Å². The highest BCUT2D eigenvalue weighted by molar-refractivity contribution is 5.56. The van der Waals surface area contributed by atoms with E-state index in [4.69, 9.17) is 5.73 Å². The van der Waals surface area contributed by atoms with E-state index in [0.29, 0.717) is 6.04 Å². The summed E-state index contributed by atoms with van der Waals surface area (Å²) in [5.41, 5.74) is 5.73. The zero-order chi connectivity index (χ0) is 21.3. The Morgan fingerprint density at radius 1 is 0.690 bits per heavy atom. The summed E-state index contributed by atoms with van der Waals surface area (Å²) in [6, 6.07) is 0.312. The summed E-state index contributed by atoms with van der Waals surface area (Å²) in [6.07, 6.45) is 28.3. The Hall–Kier alpha value is -0.410. The zero-order valence-corrected chi connectivity index (χ0v) is 20.2. The fourth-order valence-electron chi connectivity index (χ4n) is 3.70. The monoisotopic (exact) mass is 409 g/mol. The van der Waals surface area contributed by atoms with Gasteiger partial charge in [-0.1, -0.05) is 96.8 Å². The van der Waals surface area contributed by atoms with Gasteiger partial charge >= 0.3 is 0 Å². The molecular weight excluding hydrogens is 354 g/mol. The lowest BCUT2D eigenvalue weighted by Crippen LogP contribution is -2.24. The van der Waals surface area contributed by atoms with Crippen molar-refractivity contribution in [2.45, 2.75) is 142 Å². The molecule has 0 saturated heterocycles. The fourth-order valence-corrected chi connectivity index (χ4v) is 3.70. The van der Waals surface area contributed by atoms with E-state index in [1.165, 1.54) is 116 Å². The highest BCUT2D eigenvalue weighted by Gasteiger charge is 1.95. The van der Waals surface area contributed by atoms with Crippen LogP contribution in [-0.2, 0) is 0 Å². The highest BCUT2D eigenvalue weighted by Crippen LogP contribution is 2.13. The lowest BCUT2D eigenvalue weighted by Gasteiger charge is -2.06. The average molecular weight is 410 g/mol. The van der Waals surface area contributed by atoms with Crippen LogP contribution < -0.4 is 11.1 Å². The number of rotatable bonds is 24. The summed E-state index contributed by atoms with van der Waals surface area (Å²) >= 11 is 0. The Morgan fingerprint density at radius 3 is 1.72 bits per heavy atom. The Labute approximate surface area is 184 Å². The summed E-state index contributed by atoms with van der Waals surface area (Å²) < 4.78 is 0. The Kier molecular flexibility index (Phi) is 25.3. The second kappa shape index (κ2) is 25.6. The van der Waals surface area contributed by atoms with Gasteiger partial charge in [0.15, 0.2) is 0 Å². The average Bonchev–Trinajstić information content (AvgIpc) is 2.71. The van der Waals surface area contributed by atoms with Crippen LogP contribution in [0.25, 0.3) is 0 Å². The van der Waals surface area contributed by atoms with Crippen LogP contribution in [0.5, 0.6) is 0 Å². The maximum absolute atomic E-state index is 5.73. The molecule has 0 aliphatic heterocycles. The summed E-state index contributed by atoms with van der Waals surface area (Å²) in [5, 5.41) is 3.45. The normalized spacial score (nSPS) is 12.8. The third-order valence-corrected chi connectivity index (χ3v) is 5.73. The van der Waals surface area contributed by atoms with Gasteiger partial charge in [-0.2, -0.15) is 0 Å². The van der Waals surface area contributed by atoms with Crippen molar-refractivity contribution in [3.8, 4) is 0 Å². The molecule has 0 saturated carbocycles. The van der Waals surface area contributed by atoms with Crippen LogP contribution in [0.1, 0.15) is 136 Å².